The number of nitrogens with zero attached hydrogens (tertiary/aromatic N) is 1. The Morgan fingerprint density at radius 3 is 2.76 bits per heavy atom. The van der Waals surface area contributed by atoms with Crippen LogP contribution in [-0.4, -0.2) is 24.3 Å². The van der Waals surface area contributed by atoms with Gasteiger partial charge in [-0.3, -0.25) is 9.59 Å². The van der Waals surface area contributed by atoms with Crippen molar-refractivity contribution >= 4 is 5.97 Å². The Hall–Kier alpha value is -3.54. The summed E-state index contributed by atoms with van der Waals surface area (Å²) in [5.41, 5.74) is 7.78. The fourth-order valence-electron chi connectivity index (χ4n) is 5.30. The van der Waals surface area contributed by atoms with Crippen molar-refractivity contribution in [1.82, 2.24) is 4.57 Å². The molecule has 0 saturated carbocycles. The third-order valence-electron chi connectivity index (χ3n) is 7.20. The van der Waals surface area contributed by atoms with Crippen LogP contribution in [0.15, 0.2) is 47.3 Å². The molecule has 1 aliphatic carbocycles. The molecule has 2 heterocycles. The first-order valence-corrected chi connectivity index (χ1v) is 11.7. The van der Waals surface area contributed by atoms with Crippen molar-refractivity contribution in [1.29, 1.82) is 0 Å². The molecule has 176 valence electrons. The lowest BCUT2D eigenvalue weighted by Gasteiger charge is -2.18. The van der Waals surface area contributed by atoms with Gasteiger partial charge >= 0.3 is 5.97 Å². The summed E-state index contributed by atoms with van der Waals surface area (Å²) >= 11 is 0. The molecule has 1 aromatic heterocycles. The average Bonchev–Trinajstić information content (AvgIpc) is 3.42. The van der Waals surface area contributed by atoms with Crippen molar-refractivity contribution in [2.45, 2.75) is 45.1 Å². The summed E-state index contributed by atoms with van der Waals surface area (Å²) in [6, 6.07) is 13.9. The van der Waals surface area contributed by atoms with Gasteiger partial charge in [-0.2, -0.15) is 0 Å². The number of carbonyl (C=O) groups is 1. The zero-order chi connectivity index (χ0) is 24.0. The van der Waals surface area contributed by atoms with E-state index in [4.69, 9.17) is 14.2 Å². The number of hydrogen-bond acceptors (Lipinski definition) is 5. The van der Waals surface area contributed by atoms with Crippen LogP contribution in [0.25, 0.3) is 11.1 Å². The number of esters is 1. The number of aryl methyl sites for hydroxylation is 1. The van der Waals surface area contributed by atoms with Gasteiger partial charge in [-0.25, -0.2) is 0 Å². The van der Waals surface area contributed by atoms with E-state index in [2.05, 4.69) is 18.2 Å². The van der Waals surface area contributed by atoms with Crippen molar-refractivity contribution in [3.63, 3.8) is 0 Å². The maximum atomic E-state index is 12.2. The van der Waals surface area contributed by atoms with Crippen LogP contribution in [0.5, 0.6) is 11.5 Å². The minimum atomic E-state index is -0.232. The molecule has 5 rings (SSSR count). The van der Waals surface area contributed by atoms with Gasteiger partial charge < -0.3 is 18.8 Å². The molecule has 2 atom stereocenters. The van der Waals surface area contributed by atoms with Crippen LogP contribution in [0.3, 0.4) is 0 Å². The lowest BCUT2D eigenvalue weighted by Crippen LogP contribution is -2.19. The van der Waals surface area contributed by atoms with Crippen molar-refractivity contribution in [2.75, 3.05) is 13.7 Å². The highest BCUT2D eigenvalue weighted by atomic mass is 16.5. The van der Waals surface area contributed by atoms with E-state index in [1.54, 1.807) is 10.6 Å². The van der Waals surface area contributed by atoms with Crippen molar-refractivity contribution < 1.29 is 19.0 Å². The lowest BCUT2D eigenvalue weighted by molar-refractivity contribution is -0.141. The van der Waals surface area contributed by atoms with E-state index in [0.29, 0.717) is 13.0 Å². The van der Waals surface area contributed by atoms with E-state index in [-0.39, 0.29) is 23.6 Å². The monoisotopic (exact) mass is 459 g/mol. The molecular formula is C28H29NO5. The first-order chi connectivity index (χ1) is 16.4. The molecule has 1 aliphatic heterocycles. The molecule has 6 nitrogen and oxygen atoms in total. The van der Waals surface area contributed by atoms with Gasteiger partial charge in [0.2, 0.25) is 0 Å². The number of methoxy groups -OCH3 is 1. The molecule has 0 bridgehead atoms. The van der Waals surface area contributed by atoms with Crippen LogP contribution in [0.1, 0.15) is 52.8 Å². The minimum absolute atomic E-state index is 0.0135. The number of carbonyl (C=O) groups excluding carboxylic acids is 1. The Kier molecular flexibility index (Phi) is 5.68. The molecule has 2 aliphatic rings. The van der Waals surface area contributed by atoms with Gasteiger partial charge in [0.1, 0.15) is 17.6 Å². The predicted octanol–water partition coefficient (Wildman–Crippen LogP) is 4.77. The highest BCUT2D eigenvalue weighted by Crippen LogP contribution is 2.43. The fourth-order valence-corrected chi connectivity index (χ4v) is 5.30. The Balaban J connectivity index is 1.42. The van der Waals surface area contributed by atoms with Crippen LogP contribution in [0, 0.1) is 13.8 Å². The number of hydrogen-bond donors (Lipinski definition) is 0. The van der Waals surface area contributed by atoms with E-state index < -0.39 is 0 Å². The molecule has 0 fully saturated rings. The van der Waals surface area contributed by atoms with Gasteiger partial charge in [0.15, 0.2) is 0 Å². The zero-order valence-corrected chi connectivity index (χ0v) is 20.0. The molecular weight excluding hydrogens is 430 g/mol. The first-order valence-electron chi connectivity index (χ1n) is 11.7. The largest absolute Gasteiger partial charge is 0.492 e. The fraction of sp³-hybridized carbons (Fsp3) is 0.357. The maximum absolute atomic E-state index is 12.2. The van der Waals surface area contributed by atoms with Gasteiger partial charge in [-0.05, 0) is 55.0 Å². The second-order valence-corrected chi connectivity index (χ2v) is 9.19. The number of pyridine rings is 1. The van der Waals surface area contributed by atoms with Crippen LogP contribution in [-0.2, 0) is 23.0 Å². The predicted molar refractivity (Wildman–Crippen MR) is 130 cm³/mol. The summed E-state index contributed by atoms with van der Waals surface area (Å²) < 4.78 is 18.8. The molecule has 0 N–H and O–H groups in total. The quantitative estimate of drug-likeness (QED) is 0.514. The van der Waals surface area contributed by atoms with Gasteiger partial charge in [0, 0.05) is 41.9 Å². The van der Waals surface area contributed by atoms with Crippen LogP contribution in [0.4, 0.5) is 0 Å². The third-order valence-corrected chi connectivity index (χ3v) is 7.20. The lowest BCUT2D eigenvalue weighted by atomic mass is 9.92. The molecule has 0 unspecified atom stereocenters. The number of benzene rings is 2. The molecule has 0 amide bonds. The minimum Gasteiger partial charge on any atom is -0.492 e. The van der Waals surface area contributed by atoms with E-state index in [0.717, 1.165) is 46.7 Å². The Morgan fingerprint density at radius 2 is 1.97 bits per heavy atom. The van der Waals surface area contributed by atoms with Gasteiger partial charge in [0.05, 0.1) is 20.1 Å². The summed E-state index contributed by atoms with van der Waals surface area (Å²) in [4.78, 5) is 23.9. The Morgan fingerprint density at radius 1 is 1.15 bits per heavy atom. The SMILES string of the molecule is COC(=O)C[C@@H]1COc2cc(O[C@@H]3CCc4c(-c5c(C)cc(=O)n(C)c5C)cccc43)ccc21. The maximum Gasteiger partial charge on any atom is 0.306 e. The number of ether oxygens (including phenoxy) is 3. The normalized spacial score (nSPS) is 18.2. The molecule has 34 heavy (non-hydrogen) atoms. The second kappa shape index (κ2) is 8.67. The molecule has 0 radical (unpaired) electrons. The topological polar surface area (TPSA) is 66.8 Å². The van der Waals surface area contributed by atoms with Crippen LogP contribution in [0.2, 0.25) is 0 Å². The highest BCUT2D eigenvalue weighted by Gasteiger charge is 2.30. The summed E-state index contributed by atoms with van der Waals surface area (Å²) in [6.45, 7) is 4.48. The third kappa shape index (κ3) is 3.77. The zero-order valence-electron chi connectivity index (χ0n) is 20.0. The first kappa shape index (κ1) is 22.3. The van der Waals surface area contributed by atoms with Gasteiger partial charge in [-0.15, -0.1) is 0 Å². The molecule has 2 aromatic carbocycles. The van der Waals surface area contributed by atoms with Crippen molar-refractivity contribution in [3.8, 4) is 22.6 Å². The van der Waals surface area contributed by atoms with Gasteiger partial charge in [0.25, 0.3) is 5.56 Å². The molecule has 0 spiro atoms. The average molecular weight is 460 g/mol. The summed E-state index contributed by atoms with van der Waals surface area (Å²) in [7, 11) is 3.23. The van der Waals surface area contributed by atoms with E-state index in [1.165, 1.54) is 23.8 Å². The number of fused-ring (bicyclic) bond motifs is 2. The highest BCUT2D eigenvalue weighted by molar-refractivity contribution is 5.74. The molecule has 6 heteroatoms. The smallest absolute Gasteiger partial charge is 0.306 e. The molecule has 0 saturated heterocycles. The number of rotatable bonds is 5. The Bertz CT molecular complexity index is 1340. The van der Waals surface area contributed by atoms with E-state index in [1.807, 2.05) is 39.1 Å². The van der Waals surface area contributed by atoms with Crippen LogP contribution < -0.4 is 15.0 Å². The second-order valence-electron chi connectivity index (χ2n) is 9.19. The summed E-state index contributed by atoms with van der Waals surface area (Å²) in [5, 5.41) is 0. The van der Waals surface area contributed by atoms with Crippen molar-refractivity contribution in [2.24, 2.45) is 7.05 Å². The van der Waals surface area contributed by atoms with Gasteiger partial charge in [-0.1, -0.05) is 24.3 Å². The molecule has 3 aromatic rings. The Labute approximate surface area is 199 Å². The van der Waals surface area contributed by atoms with Crippen LogP contribution >= 0.6 is 0 Å². The summed E-state index contributed by atoms with van der Waals surface area (Å²) in [5.74, 6) is 1.31. The standard InChI is InChI=1S/C28H29NO5/c1-16-12-26(30)29(3)17(2)28(16)23-7-5-6-22-21(23)10-11-24(22)34-19-8-9-20-18(13-27(31)32-4)15-33-25(20)14-19/h5-9,12,14,18,24H,10-11,13,15H2,1-4H3/t18-,24-/m1/s1. The van der Waals surface area contributed by atoms with Crippen molar-refractivity contribution in [3.05, 3.63) is 80.8 Å². The number of aromatic nitrogens is 1. The van der Waals surface area contributed by atoms with E-state index >= 15 is 0 Å². The summed E-state index contributed by atoms with van der Waals surface area (Å²) in [6.07, 6.45) is 2.07. The van der Waals surface area contributed by atoms with E-state index in [9.17, 15) is 9.59 Å².